The molecule has 146 valence electrons. The minimum atomic E-state index is 0.271. The van der Waals surface area contributed by atoms with Crippen LogP contribution in [0.2, 0.25) is 5.02 Å². The molecule has 0 aliphatic carbocycles. The molecule has 2 heterocycles. The number of hydrogen-bond acceptors (Lipinski definition) is 4. The maximum absolute atomic E-state index is 12.5. The number of carbonyl (C=O) groups is 1. The number of hydrogen-bond donors (Lipinski definition) is 0. The van der Waals surface area contributed by atoms with Crippen LogP contribution in [-0.4, -0.2) is 46.9 Å². The normalized spacial score (nSPS) is 15.2. The summed E-state index contributed by atoms with van der Waals surface area (Å²) >= 11 is 7.68. The fraction of sp³-hybridized carbons (Fsp3) is 0.364. The van der Waals surface area contributed by atoms with Crippen molar-refractivity contribution in [1.82, 2.24) is 14.8 Å². The zero-order valence-electron chi connectivity index (χ0n) is 15.8. The molecule has 2 aromatic carbocycles. The van der Waals surface area contributed by atoms with Crippen LogP contribution in [0.15, 0.2) is 48.5 Å². The molecular formula is C22H24ClN3OS. The molecule has 28 heavy (non-hydrogen) atoms. The Morgan fingerprint density at radius 1 is 1.04 bits per heavy atom. The lowest BCUT2D eigenvalue weighted by Crippen LogP contribution is -2.48. The topological polar surface area (TPSA) is 36.4 Å². The minimum Gasteiger partial charge on any atom is -0.340 e. The van der Waals surface area contributed by atoms with Crippen molar-refractivity contribution >= 4 is 39.1 Å². The van der Waals surface area contributed by atoms with Crippen LogP contribution in [-0.2, 0) is 17.8 Å². The second-order valence-electron chi connectivity index (χ2n) is 7.21. The molecule has 1 saturated heterocycles. The number of amides is 1. The van der Waals surface area contributed by atoms with Gasteiger partial charge in [0.1, 0.15) is 0 Å². The molecule has 0 spiro atoms. The third-order valence-corrected chi connectivity index (χ3v) is 6.51. The lowest BCUT2D eigenvalue weighted by Gasteiger charge is -2.34. The summed E-state index contributed by atoms with van der Waals surface area (Å²) in [5, 5.41) is 1.90. The third-order valence-electron chi connectivity index (χ3n) is 5.16. The first kappa shape index (κ1) is 19.4. The first-order valence-electron chi connectivity index (χ1n) is 9.76. The number of halogens is 1. The molecule has 6 heteroatoms. The Balaban J connectivity index is 1.20. The van der Waals surface area contributed by atoms with Crippen molar-refractivity contribution in [3.63, 3.8) is 0 Å². The highest BCUT2D eigenvalue weighted by atomic mass is 35.5. The van der Waals surface area contributed by atoms with E-state index in [0.717, 1.165) is 61.1 Å². The summed E-state index contributed by atoms with van der Waals surface area (Å²) in [5.41, 5.74) is 2.32. The number of thiazole rings is 1. The predicted molar refractivity (Wildman–Crippen MR) is 116 cm³/mol. The van der Waals surface area contributed by atoms with Gasteiger partial charge in [-0.2, -0.15) is 0 Å². The largest absolute Gasteiger partial charge is 0.340 e. The molecule has 1 amide bonds. The highest BCUT2D eigenvalue weighted by molar-refractivity contribution is 7.18. The molecule has 3 aromatic rings. The number of piperazine rings is 1. The van der Waals surface area contributed by atoms with Crippen molar-refractivity contribution < 1.29 is 4.79 Å². The quantitative estimate of drug-likeness (QED) is 0.591. The van der Waals surface area contributed by atoms with Gasteiger partial charge in [0, 0.05) is 44.2 Å². The molecular weight excluding hydrogens is 390 g/mol. The Kier molecular flexibility index (Phi) is 6.25. The van der Waals surface area contributed by atoms with Crippen LogP contribution in [0.3, 0.4) is 0 Å². The van der Waals surface area contributed by atoms with Gasteiger partial charge in [0.2, 0.25) is 5.91 Å². The molecule has 0 atom stereocenters. The molecule has 0 N–H and O–H groups in total. The van der Waals surface area contributed by atoms with Gasteiger partial charge in [0.15, 0.2) is 0 Å². The first-order chi connectivity index (χ1) is 13.7. The van der Waals surface area contributed by atoms with Gasteiger partial charge in [0.05, 0.1) is 15.2 Å². The number of aromatic nitrogens is 1. The van der Waals surface area contributed by atoms with Crippen molar-refractivity contribution in [2.45, 2.75) is 25.8 Å². The Bertz CT molecular complexity index is 899. The number of para-hydroxylation sites is 1. The second kappa shape index (κ2) is 9.03. The standard InChI is InChI=1S/C22H24ClN3OS/c23-18-10-8-17(9-11-18)16-25-12-14-26(15-13-25)22(27)7-3-6-21-24-19-4-1-2-5-20(19)28-21/h1-2,4-5,8-11H,3,6-7,12-16H2. The molecule has 0 bridgehead atoms. The average molecular weight is 414 g/mol. The van der Waals surface area contributed by atoms with E-state index in [1.165, 1.54) is 10.3 Å². The van der Waals surface area contributed by atoms with Gasteiger partial charge in [-0.15, -0.1) is 11.3 Å². The third kappa shape index (κ3) is 4.90. The molecule has 0 saturated carbocycles. The Morgan fingerprint density at radius 2 is 1.79 bits per heavy atom. The van der Waals surface area contributed by atoms with Crippen LogP contribution in [0.4, 0.5) is 0 Å². The maximum atomic E-state index is 12.5. The number of rotatable bonds is 6. The molecule has 1 aliphatic rings. The van der Waals surface area contributed by atoms with Gasteiger partial charge in [0.25, 0.3) is 0 Å². The van der Waals surface area contributed by atoms with E-state index in [4.69, 9.17) is 11.6 Å². The highest BCUT2D eigenvalue weighted by Crippen LogP contribution is 2.23. The van der Waals surface area contributed by atoms with Gasteiger partial charge < -0.3 is 4.90 Å². The van der Waals surface area contributed by atoms with E-state index in [-0.39, 0.29) is 5.91 Å². The summed E-state index contributed by atoms with van der Waals surface area (Å²) in [4.78, 5) is 21.6. The Hall–Kier alpha value is -1.95. The van der Waals surface area contributed by atoms with E-state index in [2.05, 4.69) is 28.1 Å². The van der Waals surface area contributed by atoms with Crippen LogP contribution in [0.25, 0.3) is 10.2 Å². The zero-order chi connectivity index (χ0) is 19.3. The first-order valence-corrected chi connectivity index (χ1v) is 11.0. The highest BCUT2D eigenvalue weighted by Gasteiger charge is 2.20. The Morgan fingerprint density at radius 3 is 2.54 bits per heavy atom. The smallest absolute Gasteiger partial charge is 0.222 e. The predicted octanol–water partition coefficient (Wildman–Crippen LogP) is 4.62. The van der Waals surface area contributed by atoms with Crippen molar-refractivity contribution in [3.05, 3.63) is 64.1 Å². The van der Waals surface area contributed by atoms with Crippen LogP contribution < -0.4 is 0 Å². The molecule has 1 fully saturated rings. The molecule has 4 nitrogen and oxygen atoms in total. The summed E-state index contributed by atoms with van der Waals surface area (Å²) in [6, 6.07) is 16.2. The molecule has 4 rings (SSSR count). The van der Waals surface area contributed by atoms with E-state index in [1.807, 2.05) is 35.2 Å². The van der Waals surface area contributed by atoms with E-state index in [1.54, 1.807) is 11.3 Å². The lowest BCUT2D eigenvalue weighted by molar-refractivity contribution is -0.133. The summed E-state index contributed by atoms with van der Waals surface area (Å²) in [6.07, 6.45) is 2.35. The van der Waals surface area contributed by atoms with E-state index in [0.29, 0.717) is 6.42 Å². The van der Waals surface area contributed by atoms with E-state index in [9.17, 15) is 4.79 Å². The zero-order valence-corrected chi connectivity index (χ0v) is 17.4. The van der Waals surface area contributed by atoms with Crippen molar-refractivity contribution in [2.24, 2.45) is 0 Å². The second-order valence-corrected chi connectivity index (χ2v) is 8.76. The van der Waals surface area contributed by atoms with Gasteiger partial charge >= 0.3 is 0 Å². The number of fused-ring (bicyclic) bond motifs is 1. The van der Waals surface area contributed by atoms with Crippen molar-refractivity contribution in [2.75, 3.05) is 26.2 Å². The monoisotopic (exact) mass is 413 g/mol. The van der Waals surface area contributed by atoms with E-state index >= 15 is 0 Å². The van der Waals surface area contributed by atoms with Crippen molar-refractivity contribution in [3.8, 4) is 0 Å². The van der Waals surface area contributed by atoms with Gasteiger partial charge in [-0.1, -0.05) is 35.9 Å². The van der Waals surface area contributed by atoms with E-state index < -0.39 is 0 Å². The molecule has 1 aliphatic heterocycles. The Labute approximate surface area is 174 Å². The molecule has 0 unspecified atom stereocenters. The van der Waals surface area contributed by atoms with Gasteiger partial charge in [-0.25, -0.2) is 4.98 Å². The van der Waals surface area contributed by atoms with Crippen LogP contribution >= 0.6 is 22.9 Å². The maximum Gasteiger partial charge on any atom is 0.222 e. The van der Waals surface area contributed by atoms with Gasteiger partial charge in [-0.3, -0.25) is 9.69 Å². The minimum absolute atomic E-state index is 0.271. The number of aryl methyl sites for hydroxylation is 1. The SMILES string of the molecule is O=C(CCCc1nc2ccccc2s1)N1CCN(Cc2ccc(Cl)cc2)CC1. The molecule has 0 radical (unpaired) electrons. The summed E-state index contributed by atoms with van der Waals surface area (Å²) in [6.45, 7) is 4.39. The fourth-order valence-corrected chi connectivity index (χ4v) is 4.71. The summed E-state index contributed by atoms with van der Waals surface area (Å²) in [5.74, 6) is 0.271. The molecule has 1 aromatic heterocycles. The summed E-state index contributed by atoms with van der Waals surface area (Å²) in [7, 11) is 0. The van der Waals surface area contributed by atoms with Crippen LogP contribution in [0, 0.1) is 0 Å². The fourth-order valence-electron chi connectivity index (χ4n) is 3.58. The summed E-state index contributed by atoms with van der Waals surface area (Å²) < 4.78 is 1.22. The van der Waals surface area contributed by atoms with Gasteiger partial charge in [-0.05, 0) is 42.7 Å². The van der Waals surface area contributed by atoms with Crippen LogP contribution in [0.1, 0.15) is 23.4 Å². The number of carbonyl (C=O) groups excluding carboxylic acids is 1. The van der Waals surface area contributed by atoms with Crippen LogP contribution in [0.5, 0.6) is 0 Å². The van der Waals surface area contributed by atoms with Crippen molar-refractivity contribution in [1.29, 1.82) is 0 Å². The number of nitrogens with zero attached hydrogens (tertiary/aromatic N) is 3. The average Bonchev–Trinajstić information content (AvgIpc) is 3.13. The number of benzene rings is 2. The lowest BCUT2D eigenvalue weighted by atomic mass is 10.2.